The van der Waals surface area contributed by atoms with Gasteiger partial charge in [0.15, 0.2) is 0 Å². The second-order valence-corrected chi connectivity index (χ2v) is 5.05. The smallest absolute Gasteiger partial charge is 0.127 e. The van der Waals surface area contributed by atoms with Crippen molar-refractivity contribution < 1.29 is 9.47 Å². The second kappa shape index (κ2) is 6.07. The van der Waals surface area contributed by atoms with E-state index in [2.05, 4.69) is 26.2 Å². The Kier molecular flexibility index (Phi) is 4.99. The molecule has 102 valence electrons. The first-order valence-electron chi connectivity index (χ1n) is 6.18. The van der Waals surface area contributed by atoms with E-state index in [0.717, 1.165) is 23.5 Å². The van der Waals surface area contributed by atoms with E-state index in [1.54, 1.807) is 14.2 Å². The highest BCUT2D eigenvalue weighted by Crippen LogP contribution is 2.40. The maximum Gasteiger partial charge on any atom is 0.127 e. The Morgan fingerprint density at radius 1 is 1.28 bits per heavy atom. The fourth-order valence-corrected chi connectivity index (χ4v) is 2.00. The van der Waals surface area contributed by atoms with E-state index in [0.29, 0.717) is 0 Å². The molecule has 0 saturated heterocycles. The van der Waals surface area contributed by atoms with Gasteiger partial charge in [0.05, 0.1) is 20.3 Å². The molecule has 0 aliphatic carbocycles. The summed E-state index contributed by atoms with van der Waals surface area (Å²) in [7, 11) is 3.30. The number of nitrogens with two attached hydrogens (primary N) is 1. The van der Waals surface area contributed by atoms with Crippen LogP contribution in [0.15, 0.2) is 18.2 Å². The van der Waals surface area contributed by atoms with Crippen LogP contribution in [0.25, 0.3) is 0 Å². The number of methoxy groups -OCH3 is 2. The van der Waals surface area contributed by atoms with Crippen LogP contribution in [0.4, 0.5) is 0 Å². The molecule has 0 aliphatic heterocycles. The summed E-state index contributed by atoms with van der Waals surface area (Å²) in [6, 6.07) is 5.84. The van der Waals surface area contributed by atoms with Crippen molar-refractivity contribution in [1.29, 1.82) is 0 Å². The highest BCUT2D eigenvalue weighted by Gasteiger charge is 2.30. The monoisotopic (exact) mass is 252 g/mol. The van der Waals surface area contributed by atoms with E-state index in [4.69, 9.17) is 15.3 Å². The molecule has 0 bridgehead atoms. The lowest BCUT2D eigenvalue weighted by atomic mass is 9.78. The maximum absolute atomic E-state index is 5.72. The highest BCUT2D eigenvalue weighted by atomic mass is 16.5. The Morgan fingerprint density at radius 2 is 1.94 bits per heavy atom. The molecule has 1 aromatic rings. The van der Waals surface area contributed by atoms with Gasteiger partial charge in [0.2, 0.25) is 0 Å². The number of ether oxygens (including phenoxy) is 2. The molecular formula is C14H24N2O2. The molecule has 0 spiro atoms. The molecule has 0 saturated carbocycles. The van der Waals surface area contributed by atoms with Crippen molar-refractivity contribution in [1.82, 2.24) is 5.43 Å². The molecule has 0 aromatic heterocycles. The number of nitrogens with one attached hydrogen (secondary N) is 1. The van der Waals surface area contributed by atoms with Crippen LogP contribution in [-0.2, 0) is 0 Å². The fraction of sp³-hybridized carbons (Fsp3) is 0.571. The first kappa shape index (κ1) is 14.8. The summed E-state index contributed by atoms with van der Waals surface area (Å²) in [5.41, 5.74) is 3.99. The van der Waals surface area contributed by atoms with Crippen molar-refractivity contribution in [2.24, 2.45) is 11.3 Å². The molecule has 0 fully saturated rings. The van der Waals surface area contributed by atoms with Crippen LogP contribution < -0.4 is 20.7 Å². The van der Waals surface area contributed by atoms with Gasteiger partial charge in [-0.3, -0.25) is 11.3 Å². The van der Waals surface area contributed by atoms with Gasteiger partial charge in [-0.25, -0.2) is 0 Å². The van der Waals surface area contributed by atoms with Crippen LogP contribution in [0, 0.1) is 5.41 Å². The molecule has 1 aromatic carbocycles. The lowest BCUT2D eigenvalue weighted by Crippen LogP contribution is -2.38. The minimum Gasteiger partial charge on any atom is -0.497 e. The average molecular weight is 252 g/mol. The van der Waals surface area contributed by atoms with Gasteiger partial charge in [0.25, 0.3) is 0 Å². The Morgan fingerprint density at radius 3 is 2.39 bits per heavy atom. The van der Waals surface area contributed by atoms with Crippen LogP contribution in [0.3, 0.4) is 0 Å². The summed E-state index contributed by atoms with van der Waals surface area (Å²) in [6.07, 6.45) is 1.01. The Bertz CT molecular complexity index is 391. The van der Waals surface area contributed by atoms with Gasteiger partial charge in [-0.2, -0.15) is 0 Å². The second-order valence-electron chi connectivity index (χ2n) is 5.05. The third kappa shape index (κ3) is 2.94. The molecule has 4 nitrogen and oxygen atoms in total. The summed E-state index contributed by atoms with van der Waals surface area (Å²) in [5.74, 6) is 7.29. The maximum atomic E-state index is 5.72. The van der Waals surface area contributed by atoms with Crippen LogP contribution in [0.5, 0.6) is 11.5 Å². The SMILES string of the molecule is CCC(C)(C)C(NN)c1ccc(OC)cc1OC. The number of hydrazine groups is 1. The largest absolute Gasteiger partial charge is 0.497 e. The van der Waals surface area contributed by atoms with Crippen molar-refractivity contribution in [3.05, 3.63) is 23.8 Å². The molecule has 4 heteroatoms. The van der Waals surface area contributed by atoms with Crippen LogP contribution in [0.2, 0.25) is 0 Å². The number of hydrogen-bond donors (Lipinski definition) is 2. The summed E-state index contributed by atoms with van der Waals surface area (Å²) >= 11 is 0. The molecule has 0 radical (unpaired) electrons. The first-order chi connectivity index (χ1) is 8.50. The van der Waals surface area contributed by atoms with Gasteiger partial charge < -0.3 is 9.47 Å². The summed E-state index contributed by atoms with van der Waals surface area (Å²) < 4.78 is 10.6. The Balaban J connectivity index is 3.21. The Hall–Kier alpha value is -1.26. The summed E-state index contributed by atoms with van der Waals surface area (Å²) in [6.45, 7) is 6.52. The fourth-order valence-electron chi connectivity index (χ4n) is 2.00. The third-order valence-corrected chi connectivity index (χ3v) is 3.61. The van der Waals surface area contributed by atoms with E-state index in [-0.39, 0.29) is 11.5 Å². The van der Waals surface area contributed by atoms with E-state index in [1.165, 1.54) is 0 Å². The number of rotatable bonds is 6. The van der Waals surface area contributed by atoms with Crippen molar-refractivity contribution in [2.75, 3.05) is 14.2 Å². The molecule has 18 heavy (non-hydrogen) atoms. The predicted molar refractivity (Wildman–Crippen MR) is 73.7 cm³/mol. The first-order valence-corrected chi connectivity index (χ1v) is 6.18. The molecule has 3 N–H and O–H groups in total. The van der Waals surface area contributed by atoms with Gasteiger partial charge in [0, 0.05) is 11.6 Å². The minimum atomic E-state index is 0.0309. The van der Waals surface area contributed by atoms with Crippen LogP contribution in [-0.4, -0.2) is 14.2 Å². The zero-order valence-corrected chi connectivity index (χ0v) is 11.9. The van der Waals surface area contributed by atoms with Crippen molar-refractivity contribution in [3.63, 3.8) is 0 Å². The van der Waals surface area contributed by atoms with E-state index in [9.17, 15) is 0 Å². The van der Waals surface area contributed by atoms with Crippen molar-refractivity contribution >= 4 is 0 Å². The molecule has 1 atom stereocenters. The van der Waals surface area contributed by atoms with Crippen molar-refractivity contribution in [3.8, 4) is 11.5 Å². The van der Waals surface area contributed by atoms with E-state index in [1.807, 2.05) is 18.2 Å². The minimum absolute atomic E-state index is 0.0309. The van der Waals surface area contributed by atoms with Crippen molar-refractivity contribution in [2.45, 2.75) is 33.2 Å². The molecule has 0 amide bonds. The van der Waals surface area contributed by atoms with Crippen LogP contribution >= 0.6 is 0 Å². The number of benzene rings is 1. The lowest BCUT2D eigenvalue weighted by Gasteiger charge is -2.34. The highest BCUT2D eigenvalue weighted by molar-refractivity contribution is 5.43. The van der Waals surface area contributed by atoms with Gasteiger partial charge in [0.1, 0.15) is 11.5 Å². The van der Waals surface area contributed by atoms with Gasteiger partial charge >= 0.3 is 0 Å². The van der Waals surface area contributed by atoms with Crippen LogP contribution in [0.1, 0.15) is 38.8 Å². The molecule has 0 heterocycles. The Labute approximate surface area is 109 Å². The van der Waals surface area contributed by atoms with E-state index < -0.39 is 0 Å². The standard InChI is InChI=1S/C14H24N2O2/c1-6-14(2,3)13(16-15)11-8-7-10(17-4)9-12(11)18-5/h7-9,13,16H,6,15H2,1-5H3. The van der Waals surface area contributed by atoms with E-state index >= 15 is 0 Å². The normalized spacial score (nSPS) is 13.2. The quantitative estimate of drug-likeness (QED) is 0.603. The van der Waals surface area contributed by atoms with Gasteiger partial charge in [-0.1, -0.05) is 20.8 Å². The predicted octanol–water partition coefficient (Wildman–Crippen LogP) is 2.64. The summed E-state index contributed by atoms with van der Waals surface area (Å²) in [5, 5.41) is 0. The topological polar surface area (TPSA) is 56.5 Å². The van der Waals surface area contributed by atoms with Gasteiger partial charge in [-0.05, 0) is 24.0 Å². The molecule has 1 rings (SSSR count). The summed E-state index contributed by atoms with van der Waals surface area (Å²) in [4.78, 5) is 0. The van der Waals surface area contributed by atoms with Gasteiger partial charge in [-0.15, -0.1) is 0 Å². The lowest BCUT2D eigenvalue weighted by molar-refractivity contribution is 0.230. The number of hydrogen-bond acceptors (Lipinski definition) is 4. The third-order valence-electron chi connectivity index (χ3n) is 3.61. The average Bonchev–Trinajstić information content (AvgIpc) is 2.39. The molecule has 1 unspecified atom stereocenters. The zero-order chi connectivity index (χ0) is 13.8. The molecule has 0 aliphatic rings. The molecular weight excluding hydrogens is 228 g/mol. The zero-order valence-electron chi connectivity index (χ0n) is 11.9.